The van der Waals surface area contributed by atoms with E-state index in [0.717, 1.165) is 19.3 Å². The fourth-order valence-corrected chi connectivity index (χ4v) is 6.50. The maximum absolute atomic E-state index is 13.8. The van der Waals surface area contributed by atoms with Crippen LogP contribution >= 0.6 is 34.8 Å². The van der Waals surface area contributed by atoms with Crippen molar-refractivity contribution in [3.8, 4) is 5.75 Å². The van der Waals surface area contributed by atoms with Gasteiger partial charge < -0.3 is 14.6 Å². The van der Waals surface area contributed by atoms with Gasteiger partial charge in [0.1, 0.15) is 5.75 Å². The molecule has 0 N–H and O–H groups in total. The summed E-state index contributed by atoms with van der Waals surface area (Å²) in [4.78, 5) is 0.0670. The number of benzene rings is 3. The highest BCUT2D eigenvalue weighted by molar-refractivity contribution is 7.92. The number of hydroxylamine groups is 3. The number of nitrogens with zero attached hydrogens (tertiary/aromatic N) is 2. The van der Waals surface area contributed by atoms with Gasteiger partial charge in [-0.05, 0) is 67.8 Å². The molecule has 0 atom stereocenters. The first-order chi connectivity index (χ1) is 17.7. The second kappa shape index (κ2) is 12.2. The molecule has 6 nitrogen and oxygen atoms in total. The molecule has 0 saturated carbocycles. The van der Waals surface area contributed by atoms with Crippen LogP contribution in [0.1, 0.15) is 31.2 Å². The number of ether oxygens (including phenoxy) is 1. The molecule has 3 aromatic rings. The van der Waals surface area contributed by atoms with Gasteiger partial charge >= 0.3 is 0 Å². The van der Waals surface area contributed by atoms with E-state index in [2.05, 4.69) is 0 Å². The van der Waals surface area contributed by atoms with Crippen LogP contribution < -0.4 is 9.04 Å². The molecule has 0 bridgehead atoms. The van der Waals surface area contributed by atoms with Gasteiger partial charge in [0.05, 0.1) is 48.4 Å². The zero-order valence-electron chi connectivity index (χ0n) is 20.3. The fourth-order valence-electron chi connectivity index (χ4n) is 4.49. The molecule has 1 aliphatic heterocycles. The van der Waals surface area contributed by atoms with Gasteiger partial charge in [0.2, 0.25) is 0 Å². The number of rotatable bonds is 10. The van der Waals surface area contributed by atoms with Crippen LogP contribution in [0, 0.1) is 5.21 Å². The molecule has 1 saturated heterocycles. The first kappa shape index (κ1) is 28.0. The zero-order chi connectivity index (χ0) is 26.5. The highest BCUT2D eigenvalue weighted by atomic mass is 35.5. The lowest BCUT2D eigenvalue weighted by atomic mass is 10.1. The van der Waals surface area contributed by atoms with Gasteiger partial charge in [-0.3, -0.25) is 4.31 Å². The Kier molecular flexibility index (Phi) is 9.27. The average Bonchev–Trinajstić information content (AvgIpc) is 2.88. The van der Waals surface area contributed by atoms with Crippen molar-refractivity contribution in [1.29, 1.82) is 0 Å². The van der Waals surface area contributed by atoms with Gasteiger partial charge in [0, 0.05) is 22.0 Å². The summed E-state index contributed by atoms with van der Waals surface area (Å²) < 4.78 is 34.7. The van der Waals surface area contributed by atoms with Crippen molar-refractivity contribution in [2.75, 3.05) is 30.5 Å². The van der Waals surface area contributed by atoms with Crippen molar-refractivity contribution in [2.45, 2.75) is 37.1 Å². The monoisotopic (exact) mass is 582 g/mol. The molecule has 198 valence electrons. The molecule has 1 heterocycles. The van der Waals surface area contributed by atoms with E-state index in [-0.39, 0.29) is 26.8 Å². The summed E-state index contributed by atoms with van der Waals surface area (Å²) >= 11 is 18.7. The molecule has 3 aromatic carbocycles. The number of halogens is 3. The third-order valence-electron chi connectivity index (χ3n) is 6.46. The van der Waals surface area contributed by atoms with Crippen molar-refractivity contribution >= 4 is 50.5 Å². The summed E-state index contributed by atoms with van der Waals surface area (Å²) in [6.45, 7) is 2.16. The molecule has 0 amide bonds. The predicted octanol–water partition coefficient (Wildman–Crippen LogP) is 7.31. The third-order valence-corrected chi connectivity index (χ3v) is 9.04. The second-order valence-electron chi connectivity index (χ2n) is 9.16. The Labute approximate surface area is 233 Å². The summed E-state index contributed by atoms with van der Waals surface area (Å²) in [5, 5.41) is 13.8. The smallest absolute Gasteiger partial charge is 0.264 e. The molecule has 0 unspecified atom stereocenters. The average molecular weight is 584 g/mol. The number of likely N-dealkylation sites (tertiary alicyclic amines) is 1. The minimum atomic E-state index is -4.04. The van der Waals surface area contributed by atoms with Crippen molar-refractivity contribution in [2.24, 2.45) is 0 Å². The van der Waals surface area contributed by atoms with Crippen molar-refractivity contribution < 1.29 is 17.8 Å². The Bertz CT molecular complexity index is 1310. The first-order valence-electron chi connectivity index (χ1n) is 12.2. The van der Waals surface area contributed by atoms with Crippen molar-refractivity contribution in [1.82, 2.24) is 0 Å². The number of hydrogen-bond donors (Lipinski definition) is 0. The maximum atomic E-state index is 13.8. The predicted molar refractivity (Wildman–Crippen MR) is 150 cm³/mol. The minimum absolute atomic E-state index is 0.0389. The first-order valence-corrected chi connectivity index (χ1v) is 14.8. The van der Waals surface area contributed by atoms with Gasteiger partial charge in [-0.2, -0.15) is 0 Å². The summed E-state index contributed by atoms with van der Waals surface area (Å²) in [5.74, 6) is 0.549. The normalized spacial score (nSPS) is 15.4. The summed E-state index contributed by atoms with van der Waals surface area (Å²) in [5.41, 5.74) is 0.905. The summed E-state index contributed by atoms with van der Waals surface area (Å²) in [6.07, 6.45) is 3.68. The standard InChI is InChI=1S/C27H29Cl3N2O4S/c28-22-9-12-24(13-10-22)37(34,35)31(26-19-23(29)11-14-25(26)30)20-21-7-2-3-8-27(21)36-18-6-17-32(33)15-4-1-5-16-32/h2-3,7-14,19H,1,4-6,15-18,20H2. The topological polar surface area (TPSA) is 69.7 Å². The van der Waals surface area contributed by atoms with Crippen LogP contribution in [0.3, 0.4) is 0 Å². The molecule has 0 spiro atoms. The van der Waals surface area contributed by atoms with Gasteiger partial charge in [0.15, 0.2) is 0 Å². The van der Waals surface area contributed by atoms with Gasteiger partial charge in [-0.25, -0.2) is 8.42 Å². The lowest BCUT2D eigenvalue weighted by Crippen LogP contribution is -2.47. The summed E-state index contributed by atoms with van der Waals surface area (Å²) in [6, 6.07) is 17.9. The summed E-state index contributed by atoms with van der Waals surface area (Å²) in [7, 11) is -4.04. The number of quaternary nitrogens is 1. The van der Waals surface area contributed by atoms with Gasteiger partial charge in [-0.1, -0.05) is 53.0 Å². The van der Waals surface area contributed by atoms with E-state index in [1.807, 2.05) is 18.2 Å². The molecule has 0 aliphatic carbocycles. The van der Waals surface area contributed by atoms with Crippen LogP contribution in [-0.2, 0) is 16.6 Å². The van der Waals surface area contributed by atoms with Crippen molar-refractivity contribution in [3.63, 3.8) is 0 Å². The molecule has 1 aliphatic rings. The molecule has 37 heavy (non-hydrogen) atoms. The van der Waals surface area contributed by atoms with E-state index in [0.29, 0.717) is 54.0 Å². The van der Waals surface area contributed by atoms with Crippen LogP contribution in [0.25, 0.3) is 0 Å². The van der Waals surface area contributed by atoms with E-state index in [9.17, 15) is 13.6 Å². The Morgan fingerprint density at radius 1 is 0.892 bits per heavy atom. The van der Waals surface area contributed by atoms with Crippen LogP contribution in [0.2, 0.25) is 15.1 Å². The van der Waals surface area contributed by atoms with E-state index >= 15 is 0 Å². The van der Waals surface area contributed by atoms with Crippen LogP contribution in [0.5, 0.6) is 5.75 Å². The Hall–Kier alpha value is -2.00. The van der Waals surface area contributed by atoms with Crippen LogP contribution in [0.4, 0.5) is 5.69 Å². The number of anilines is 1. The van der Waals surface area contributed by atoms with Gasteiger partial charge in [-0.15, -0.1) is 0 Å². The quantitative estimate of drug-likeness (QED) is 0.143. The minimum Gasteiger partial charge on any atom is -0.633 e. The van der Waals surface area contributed by atoms with E-state index in [1.165, 1.54) is 34.6 Å². The van der Waals surface area contributed by atoms with Crippen LogP contribution in [0.15, 0.2) is 71.6 Å². The number of hydrogen-bond acceptors (Lipinski definition) is 4. The zero-order valence-corrected chi connectivity index (χ0v) is 23.4. The third kappa shape index (κ3) is 7.11. The van der Waals surface area contributed by atoms with Crippen molar-refractivity contribution in [3.05, 3.63) is 92.6 Å². The second-order valence-corrected chi connectivity index (χ2v) is 12.3. The molecule has 1 fully saturated rings. The Balaban J connectivity index is 1.58. The molecule has 0 radical (unpaired) electrons. The fraction of sp³-hybridized carbons (Fsp3) is 0.333. The van der Waals surface area contributed by atoms with E-state index in [1.54, 1.807) is 18.2 Å². The SMILES string of the molecule is O=S(=O)(c1ccc(Cl)cc1)N(Cc1ccccc1OCCC[N+]1([O-])CCCCC1)c1cc(Cl)ccc1Cl. The molecular formula is C27H29Cl3N2O4S. The molecule has 10 heteroatoms. The lowest BCUT2D eigenvalue weighted by Gasteiger charge is -2.45. The lowest BCUT2D eigenvalue weighted by molar-refractivity contribution is -0.885. The molecule has 0 aromatic heterocycles. The number of sulfonamides is 1. The maximum Gasteiger partial charge on any atom is 0.264 e. The van der Waals surface area contributed by atoms with Gasteiger partial charge in [0.25, 0.3) is 10.0 Å². The molecule has 4 rings (SSSR count). The van der Waals surface area contributed by atoms with E-state index < -0.39 is 10.0 Å². The highest BCUT2D eigenvalue weighted by Gasteiger charge is 2.28. The Morgan fingerprint density at radius 2 is 1.57 bits per heavy atom. The largest absolute Gasteiger partial charge is 0.633 e. The molecular weight excluding hydrogens is 555 g/mol. The number of piperidine rings is 1. The van der Waals surface area contributed by atoms with Crippen LogP contribution in [-0.4, -0.2) is 39.3 Å². The van der Waals surface area contributed by atoms with E-state index in [4.69, 9.17) is 39.5 Å². The Morgan fingerprint density at radius 3 is 2.30 bits per heavy atom. The number of para-hydroxylation sites is 1. The highest BCUT2D eigenvalue weighted by Crippen LogP contribution is 2.35.